The zero-order chi connectivity index (χ0) is 21.0. The van der Waals surface area contributed by atoms with Crippen LogP contribution in [-0.4, -0.2) is 51.9 Å². The van der Waals surface area contributed by atoms with Gasteiger partial charge in [-0.05, 0) is 58.7 Å². The van der Waals surface area contributed by atoms with E-state index in [4.69, 9.17) is 9.97 Å². The molecule has 1 aromatic carbocycles. The fraction of sp³-hybridized carbons (Fsp3) is 0.542. The summed E-state index contributed by atoms with van der Waals surface area (Å²) in [5.74, 6) is 1.46. The third kappa shape index (κ3) is 5.02. The summed E-state index contributed by atoms with van der Waals surface area (Å²) < 4.78 is 0. The van der Waals surface area contributed by atoms with E-state index in [1.165, 1.54) is 11.1 Å². The van der Waals surface area contributed by atoms with Crippen LogP contribution >= 0.6 is 0 Å². The summed E-state index contributed by atoms with van der Waals surface area (Å²) in [7, 11) is 0. The van der Waals surface area contributed by atoms with E-state index in [2.05, 4.69) is 36.1 Å². The number of amides is 1. The molecule has 1 amide bonds. The van der Waals surface area contributed by atoms with E-state index in [0.717, 1.165) is 61.9 Å². The van der Waals surface area contributed by atoms with Gasteiger partial charge in [0, 0.05) is 49.0 Å². The molecule has 156 valence electrons. The van der Waals surface area contributed by atoms with Gasteiger partial charge in [-0.15, -0.1) is 0 Å². The number of likely N-dealkylation sites (tertiary alicyclic amines) is 1. The molecule has 0 radical (unpaired) electrons. The highest BCUT2D eigenvalue weighted by molar-refractivity contribution is 5.79. The molecule has 1 fully saturated rings. The van der Waals surface area contributed by atoms with Gasteiger partial charge >= 0.3 is 0 Å². The number of nitrogens with zero attached hydrogens (tertiary/aromatic N) is 4. The summed E-state index contributed by atoms with van der Waals surface area (Å²) in [6.07, 6.45) is 1.48. The summed E-state index contributed by atoms with van der Waals surface area (Å²) in [6, 6.07) is 8.60. The van der Waals surface area contributed by atoms with E-state index in [-0.39, 0.29) is 5.91 Å². The highest BCUT2D eigenvalue weighted by Crippen LogP contribution is 2.28. The van der Waals surface area contributed by atoms with Crippen molar-refractivity contribution in [1.29, 1.82) is 0 Å². The molecular weight excluding hydrogens is 360 g/mol. The lowest BCUT2D eigenvalue weighted by molar-refractivity contribution is -0.130. The maximum atomic E-state index is 12.5. The van der Waals surface area contributed by atoms with Crippen molar-refractivity contribution in [2.75, 3.05) is 26.2 Å². The third-order valence-corrected chi connectivity index (χ3v) is 6.17. The van der Waals surface area contributed by atoms with Crippen LogP contribution in [0.5, 0.6) is 0 Å². The number of aromatic nitrogens is 2. The molecule has 0 unspecified atom stereocenters. The van der Waals surface area contributed by atoms with Gasteiger partial charge in [-0.2, -0.15) is 0 Å². The first-order valence-electron chi connectivity index (χ1n) is 10.8. The zero-order valence-electron chi connectivity index (χ0n) is 18.5. The standard InChI is InChI=1S/C24H34N4O/c1-6-28(7-2)23(29)14-22-18(4)25-24(26-19(22)5)21-12-13-27(16-21)15-20-11-9-8-10-17(20)3/h8-11,21H,6-7,12-16H2,1-5H3/t21-/m0/s1. The second-order valence-corrected chi connectivity index (χ2v) is 8.12. The fourth-order valence-corrected chi connectivity index (χ4v) is 4.26. The topological polar surface area (TPSA) is 49.3 Å². The molecular formula is C24H34N4O. The van der Waals surface area contributed by atoms with Gasteiger partial charge in [0.25, 0.3) is 0 Å². The SMILES string of the molecule is CCN(CC)C(=O)Cc1c(C)nc([C@H]2CCN(Cc3ccccc3C)C2)nc1C. The number of hydrogen-bond acceptors (Lipinski definition) is 4. The lowest BCUT2D eigenvalue weighted by atomic mass is 10.0. The second kappa shape index (κ2) is 9.49. The van der Waals surface area contributed by atoms with E-state index in [1.54, 1.807) is 0 Å². The van der Waals surface area contributed by atoms with E-state index >= 15 is 0 Å². The minimum absolute atomic E-state index is 0.155. The van der Waals surface area contributed by atoms with E-state index in [9.17, 15) is 4.79 Å². The molecule has 2 aromatic rings. The summed E-state index contributed by atoms with van der Waals surface area (Å²) in [5, 5.41) is 0. The highest BCUT2D eigenvalue weighted by atomic mass is 16.2. The first-order chi connectivity index (χ1) is 13.9. The number of hydrogen-bond donors (Lipinski definition) is 0. The van der Waals surface area contributed by atoms with Gasteiger partial charge in [-0.3, -0.25) is 9.69 Å². The summed E-state index contributed by atoms with van der Waals surface area (Å²) >= 11 is 0. The van der Waals surface area contributed by atoms with Crippen LogP contribution in [-0.2, 0) is 17.8 Å². The largest absolute Gasteiger partial charge is 0.343 e. The summed E-state index contributed by atoms with van der Waals surface area (Å²) in [4.78, 5) is 26.6. The first kappa shape index (κ1) is 21.4. The molecule has 0 N–H and O–H groups in total. The van der Waals surface area contributed by atoms with Gasteiger partial charge in [0.2, 0.25) is 5.91 Å². The number of carbonyl (C=O) groups is 1. The van der Waals surface area contributed by atoms with Crippen LogP contribution in [0, 0.1) is 20.8 Å². The maximum Gasteiger partial charge on any atom is 0.227 e. The van der Waals surface area contributed by atoms with Crippen molar-refractivity contribution >= 4 is 5.91 Å². The average molecular weight is 395 g/mol. The van der Waals surface area contributed by atoms with Gasteiger partial charge in [0.15, 0.2) is 0 Å². The average Bonchev–Trinajstić information content (AvgIpc) is 3.16. The predicted molar refractivity (Wildman–Crippen MR) is 117 cm³/mol. The Morgan fingerprint density at radius 1 is 1.10 bits per heavy atom. The second-order valence-electron chi connectivity index (χ2n) is 8.12. The Bertz CT molecular complexity index is 837. The highest BCUT2D eigenvalue weighted by Gasteiger charge is 2.27. The van der Waals surface area contributed by atoms with E-state index < -0.39 is 0 Å². The van der Waals surface area contributed by atoms with Crippen LogP contribution in [0.4, 0.5) is 0 Å². The van der Waals surface area contributed by atoms with Gasteiger partial charge in [0.05, 0.1) is 6.42 Å². The van der Waals surface area contributed by atoms with Crippen LogP contribution in [0.25, 0.3) is 0 Å². The van der Waals surface area contributed by atoms with Crippen molar-refractivity contribution < 1.29 is 4.79 Å². The predicted octanol–water partition coefficient (Wildman–Crippen LogP) is 3.80. The third-order valence-electron chi connectivity index (χ3n) is 6.17. The quantitative estimate of drug-likeness (QED) is 0.717. The fourth-order valence-electron chi connectivity index (χ4n) is 4.26. The van der Waals surface area contributed by atoms with Crippen molar-refractivity contribution in [2.45, 2.75) is 59.9 Å². The normalized spacial score (nSPS) is 16.9. The number of benzene rings is 1. The van der Waals surface area contributed by atoms with E-state index in [1.807, 2.05) is 32.6 Å². The monoisotopic (exact) mass is 394 g/mol. The Labute approximate surface area is 175 Å². The molecule has 2 heterocycles. The summed E-state index contributed by atoms with van der Waals surface area (Å²) in [5.41, 5.74) is 5.63. The molecule has 0 aliphatic carbocycles. The Hall–Kier alpha value is -2.27. The van der Waals surface area contributed by atoms with Gasteiger partial charge in [-0.25, -0.2) is 9.97 Å². The lowest BCUT2D eigenvalue weighted by Gasteiger charge is -2.20. The molecule has 5 nitrogen and oxygen atoms in total. The maximum absolute atomic E-state index is 12.5. The van der Waals surface area contributed by atoms with Crippen LogP contribution in [0.1, 0.15) is 60.1 Å². The van der Waals surface area contributed by atoms with Crippen LogP contribution in [0.2, 0.25) is 0 Å². The molecule has 5 heteroatoms. The van der Waals surface area contributed by atoms with Crippen LogP contribution in [0.3, 0.4) is 0 Å². The van der Waals surface area contributed by atoms with Crippen LogP contribution in [0.15, 0.2) is 24.3 Å². The Morgan fingerprint density at radius 3 is 2.38 bits per heavy atom. The zero-order valence-corrected chi connectivity index (χ0v) is 18.5. The molecule has 1 aromatic heterocycles. The first-order valence-corrected chi connectivity index (χ1v) is 10.8. The number of rotatable bonds is 7. The minimum Gasteiger partial charge on any atom is -0.343 e. The molecule has 1 aliphatic heterocycles. The lowest BCUT2D eigenvalue weighted by Crippen LogP contribution is -2.32. The molecule has 3 rings (SSSR count). The van der Waals surface area contributed by atoms with Crippen molar-refractivity contribution in [2.24, 2.45) is 0 Å². The summed E-state index contributed by atoms with van der Waals surface area (Å²) in [6.45, 7) is 14.8. The van der Waals surface area contributed by atoms with Gasteiger partial charge < -0.3 is 4.90 Å². The molecule has 1 atom stereocenters. The molecule has 0 saturated carbocycles. The molecule has 0 bridgehead atoms. The molecule has 1 saturated heterocycles. The molecule has 1 aliphatic rings. The minimum atomic E-state index is 0.155. The molecule has 0 spiro atoms. The number of likely N-dealkylation sites (N-methyl/N-ethyl adjacent to an activating group) is 1. The molecule has 29 heavy (non-hydrogen) atoms. The smallest absolute Gasteiger partial charge is 0.227 e. The van der Waals surface area contributed by atoms with E-state index in [0.29, 0.717) is 12.3 Å². The van der Waals surface area contributed by atoms with Crippen molar-refractivity contribution in [3.8, 4) is 0 Å². The number of aryl methyl sites for hydroxylation is 3. The number of carbonyl (C=O) groups excluding carboxylic acids is 1. The van der Waals surface area contributed by atoms with Gasteiger partial charge in [0.1, 0.15) is 5.82 Å². The Kier molecular flexibility index (Phi) is 7.01. The van der Waals surface area contributed by atoms with Crippen molar-refractivity contribution in [3.63, 3.8) is 0 Å². The van der Waals surface area contributed by atoms with Crippen molar-refractivity contribution in [3.05, 3.63) is 58.2 Å². The van der Waals surface area contributed by atoms with Crippen LogP contribution < -0.4 is 0 Å². The van der Waals surface area contributed by atoms with Crippen molar-refractivity contribution in [1.82, 2.24) is 19.8 Å². The Morgan fingerprint density at radius 2 is 1.76 bits per heavy atom. The van der Waals surface area contributed by atoms with Gasteiger partial charge in [-0.1, -0.05) is 24.3 Å². The Balaban J connectivity index is 1.69.